The van der Waals surface area contributed by atoms with Gasteiger partial charge in [0.25, 0.3) is 0 Å². The first-order valence-electron chi connectivity index (χ1n) is 6.12. The summed E-state index contributed by atoms with van der Waals surface area (Å²) in [6, 6.07) is 0. The number of hydrogen-bond donors (Lipinski definition) is 0. The molecule has 17 heavy (non-hydrogen) atoms. The van der Waals surface area contributed by atoms with Crippen molar-refractivity contribution in [1.29, 1.82) is 0 Å². The molecule has 4 nitrogen and oxygen atoms in total. The van der Waals surface area contributed by atoms with Crippen LogP contribution in [0.15, 0.2) is 0 Å². The van der Waals surface area contributed by atoms with Crippen molar-refractivity contribution < 1.29 is 14.3 Å². The normalized spacial score (nSPS) is 25.8. The van der Waals surface area contributed by atoms with Crippen molar-refractivity contribution in [2.75, 3.05) is 0 Å². The van der Waals surface area contributed by atoms with Gasteiger partial charge in [-0.1, -0.05) is 20.8 Å². The molecule has 0 aromatic carbocycles. The van der Waals surface area contributed by atoms with Crippen molar-refractivity contribution >= 4 is 11.8 Å². The summed E-state index contributed by atoms with van der Waals surface area (Å²) in [6.45, 7) is 11.5. The molecule has 0 aromatic rings. The van der Waals surface area contributed by atoms with Crippen LogP contribution in [0.25, 0.3) is 0 Å². The molecule has 0 N–H and O–H groups in total. The maximum absolute atomic E-state index is 11.9. The largest absolute Gasteiger partial charge is 0.355 e. The molecule has 2 atom stereocenters. The van der Waals surface area contributed by atoms with Crippen molar-refractivity contribution in [1.82, 2.24) is 4.90 Å². The zero-order valence-electron chi connectivity index (χ0n) is 11.6. The Bertz CT molecular complexity index is 317. The van der Waals surface area contributed by atoms with E-state index in [9.17, 15) is 9.59 Å². The maximum Gasteiger partial charge on any atom is 0.231 e. The van der Waals surface area contributed by atoms with E-state index in [2.05, 4.69) is 20.8 Å². The average Bonchev–Trinajstić information content (AvgIpc) is 2.40. The van der Waals surface area contributed by atoms with Crippen LogP contribution in [0.2, 0.25) is 0 Å². The summed E-state index contributed by atoms with van der Waals surface area (Å²) < 4.78 is 5.78. The molecule has 1 fully saturated rings. The second-order valence-electron chi connectivity index (χ2n) is 6.03. The van der Waals surface area contributed by atoms with E-state index in [1.165, 1.54) is 11.8 Å². The van der Waals surface area contributed by atoms with Crippen LogP contribution < -0.4 is 0 Å². The van der Waals surface area contributed by atoms with E-state index in [-0.39, 0.29) is 29.3 Å². The van der Waals surface area contributed by atoms with Crippen LogP contribution in [0.3, 0.4) is 0 Å². The van der Waals surface area contributed by atoms with Gasteiger partial charge in [0, 0.05) is 19.3 Å². The zero-order valence-corrected chi connectivity index (χ0v) is 11.6. The van der Waals surface area contributed by atoms with Crippen molar-refractivity contribution in [3.05, 3.63) is 0 Å². The first-order chi connectivity index (χ1) is 7.64. The Morgan fingerprint density at radius 1 is 1.41 bits per heavy atom. The van der Waals surface area contributed by atoms with Crippen molar-refractivity contribution in [2.45, 2.75) is 60.3 Å². The van der Waals surface area contributed by atoms with Gasteiger partial charge in [-0.15, -0.1) is 0 Å². The minimum atomic E-state index is -0.417. The van der Waals surface area contributed by atoms with E-state index in [0.29, 0.717) is 6.42 Å². The van der Waals surface area contributed by atoms with Crippen molar-refractivity contribution in [2.24, 2.45) is 11.3 Å². The van der Waals surface area contributed by atoms with Crippen molar-refractivity contribution in [3.8, 4) is 0 Å². The fourth-order valence-electron chi connectivity index (χ4n) is 2.23. The zero-order chi connectivity index (χ0) is 13.4. The molecular weight excluding hydrogens is 218 g/mol. The first-order valence-corrected chi connectivity index (χ1v) is 6.12. The molecule has 4 heteroatoms. The minimum absolute atomic E-state index is 0.00222. The van der Waals surface area contributed by atoms with E-state index in [0.717, 1.165) is 0 Å². The molecule has 0 spiro atoms. The lowest BCUT2D eigenvalue weighted by Crippen LogP contribution is -2.44. The van der Waals surface area contributed by atoms with Gasteiger partial charge in [0.05, 0.1) is 6.10 Å². The van der Waals surface area contributed by atoms with E-state index in [4.69, 9.17) is 4.74 Å². The predicted octanol–water partition coefficient (Wildman–Crippen LogP) is 2.18. The van der Waals surface area contributed by atoms with Gasteiger partial charge in [-0.05, 0) is 19.3 Å². The number of amides is 2. The summed E-state index contributed by atoms with van der Waals surface area (Å²) in [7, 11) is 0. The van der Waals surface area contributed by atoms with Crippen LogP contribution in [0, 0.1) is 11.3 Å². The van der Waals surface area contributed by atoms with Crippen LogP contribution in [-0.2, 0) is 14.3 Å². The third-order valence-electron chi connectivity index (χ3n) is 3.13. The lowest BCUT2D eigenvalue weighted by Gasteiger charge is -2.34. The Morgan fingerprint density at radius 3 is 2.29 bits per heavy atom. The highest BCUT2D eigenvalue weighted by Crippen LogP contribution is 2.40. The van der Waals surface area contributed by atoms with Gasteiger partial charge in [0.1, 0.15) is 6.23 Å². The first kappa shape index (κ1) is 14.2. The molecular formula is C13H23NO3. The Morgan fingerprint density at radius 2 is 1.94 bits per heavy atom. The van der Waals surface area contributed by atoms with Gasteiger partial charge in [-0.2, -0.15) is 0 Å². The highest BCUT2D eigenvalue weighted by molar-refractivity contribution is 5.96. The van der Waals surface area contributed by atoms with Gasteiger partial charge in [0.2, 0.25) is 11.8 Å². The summed E-state index contributed by atoms with van der Waals surface area (Å²) in [5.41, 5.74) is -0.0561. The second kappa shape index (κ2) is 4.77. The fraction of sp³-hybridized carbons (Fsp3) is 0.846. The predicted molar refractivity (Wildman–Crippen MR) is 65.1 cm³/mol. The number of hydrogen-bond acceptors (Lipinski definition) is 3. The van der Waals surface area contributed by atoms with Crippen LogP contribution in [-0.4, -0.2) is 29.0 Å². The molecule has 1 saturated heterocycles. The summed E-state index contributed by atoms with van der Waals surface area (Å²) in [6.07, 6.45) is -0.0295. The summed E-state index contributed by atoms with van der Waals surface area (Å²) >= 11 is 0. The molecule has 0 aliphatic carbocycles. The number of imide groups is 1. The third kappa shape index (κ3) is 3.06. The monoisotopic (exact) mass is 241 g/mol. The van der Waals surface area contributed by atoms with Gasteiger partial charge < -0.3 is 4.74 Å². The SMILES string of the molecule is CC(=O)N1C(=O)C[C@H](C(C)(C)C)[C@H]1OC(C)C. The lowest BCUT2D eigenvalue weighted by molar-refractivity contribution is -0.159. The quantitative estimate of drug-likeness (QED) is 0.744. The molecule has 0 bridgehead atoms. The standard InChI is InChI=1S/C13H23NO3/c1-8(2)17-12-10(13(4,5)6)7-11(16)14(12)9(3)15/h8,10,12H,7H2,1-6H3/t10-,12+/m0/s1. The molecule has 1 heterocycles. The molecule has 0 radical (unpaired) electrons. The molecule has 2 amide bonds. The lowest BCUT2D eigenvalue weighted by atomic mass is 9.79. The smallest absolute Gasteiger partial charge is 0.231 e. The van der Waals surface area contributed by atoms with Gasteiger partial charge in [-0.3, -0.25) is 14.5 Å². The summed E-state index contributed by atoms with van der Waals surface area (Å²) in [5.74, 6) is -0.295. The van der Waals surface area contributed by atoms with Gasteiger partial charge in [-0.25, -0.2) is 0 Å². The van der Waals surface area contributed by atoms with Crippen LogP contribution in [0.1, 0.15) is 48.0 Å². The molecule has 98 valence electrons. The topological polar surface area (TPSA) is 46.6 Å². The van der Waals surface area contributed by atoms with E-state index >= 15 is 0 Å². The average molecular weight is 241 g/mol. The Balaban J connectivity index is 3.01. The highest BCUT2D eigenvalue weighted by Gasteiger charge is 2.48. The summed E-state index contributed by atoms with van der Waals surface area (Å²) in [5, 5.41) is 0. The van der Waals surface area contributed by atoms with Crippen LogP contribution >= 0.6 is 0 Å². The molecule has 0 unspecified atom stereocenters. The summed E-state index contributed by atoms with van der Waals surface area (Å²) in [4.78, 5) is 24.7. The number of nitrogens with zero attached hydrogens (tertiary/aromatic N) is 1. The van der Waals surface area contributed by atoms with E-state index < -0.39 is 6.23 Å². The van der Waals surface area contributed by atoms with E-state index in [1.54, 1.807) is 0 Å². The second-order valence-corrected chi connectivity index (χ2v) is 6.03. The maximum atomic E-state index is 11.9. The fourth-order valence-corrected chi connectivity index (χ4v) is 2.23. The number of carbonyl (C=O) groups excluding carboxylic acids is 2. The Kier molecular flexibility index (Phi) is 3.97. The van der Waals surface area contributed by atoms with Crippen molar-refractivity contribution in [3.63, 3.8) is 0 Å². The highest BCUT2D eigenvalue weighted by atomic mass is 16.5. The van der Waals surface area contributed by atoms with Crippen LogP contribution in [0.4, 0.5) is 0 Å². The molecule has 0 saturated carbocycles. The van der Waals surface area contributed by atoms with Crippen LogP contribution in [0.5, 0.6) is 0 Å². The number of ether oxygens (including phenoxy) is 1. The van der Waals surface area contributed by atoms with Gasteiger partial charge >= 0.3 is 0 Å². The molecule has 0 aromatic heterocycles. The Hall–Kier alpha value is -0.900. The number of carbonyl (C=O) groups is 2. The van der Waals surface area contributed by atoms with E-state index in [1.807, 2.05) is 13.8 Å². The molecule has 1 aliphatic heterocycles. The third-order valence-corrected chi connectivity index (χ3v) is 3.13. The minimum Gasteiger partial charge on any atom is -0.355 e. The number of likely N-dealkylation sites (tertiary alicyclic amines) is 1. The molecule has 1 rings (SSSR count). The molecule has 1 aliphatic rings. The Labute approximate surface area is 103 Å². The van der Waals surface area contributed by atoms with Gasteiger partial charge in [0.15, 0.2) is 0 Å². The number of rotatable bonds is 2.